The molecule has 3 heterocycles. The zero-order chi connectivity index (χ0) is 36.7. The summed E-state index contributed by atoms with van der Waals surface area (Å²) in [4.78, 5) is 24.5. The standard InChI is InChI=1S/C41H44O12/c1-25(42)49-35-33(24-48-40(44-3)38(35)50-26(2)43)52-41-37(46-21-27-12-6-4-7-13-27)36(45-22-28-18-19-29-14-10-11-17-31(29)20-28)34-32(51-41)23-47-39(53-34)30-15-8-5-9-16-30/h4-20,32-41H,21-24H2,1-3H3/t32-,33-,34-,35+,36+,37+,38-,39-,40-,41+/m1/s1. The number of esters is 2. The van der Waals surface area contributed by atoms with E-state index < -0.39 is 73.5 Å². The highest BCUT2D eigenvalue weighted by Crippen LogP contribution is 2.39. The van der Waals surface area contributed by atoms with Gasteiger partial charge in [0.2, 0.25) is 0 Å². The lowest BCUT2D eigenvalue weighted by molar-refractivity contribution is -0.387. The van der Waals surface area contributed by atoms with Crippen LogP contribution < -0.4 is 0 Å². The lowest BCUT2D eigenvalue weighted by atomic mass is 9.96. The maximum atomic E-state index is 12.4. The van der Waals surface area contributed by atoms with E-state index in [9.17, 15) is 9.59 Å². The van der Waals surface area contributed by atoms with Gasteiger partial charge in [0, 0.05) is 26.5 Å². The second-order valence-electron chi connectivity index (χ2n) is 13.2. The van der Waals surface area contributed by atoms with Crippen molar-refractivity contribution in [1.29, 1.82) is 0 Å². The summed E-state index contributed by atoms with van der Waals surface area (Å²) in [6.07, 6.45) is -8.78. The first-order valence-electron chi connectivity index (χ1n) is 17.7. The molecule has 0 aliphatic carbocycles. The summed E-state index contributed by atoms with van der Waals surface area (Å²) < 4.78 is 62.3. The van der Waals surface area contributed by atoms with Gasteiger partial charge in [0.15, 0.2) is 31.1 Å². The van der Waals surface area contributed by atoms with Gasteiger partial charge in [-0.25, -0.2) is 0 Å². The van der Waals surface area contributed by atoms with Crippen LogP contribution in [0, 0.1) is 0 Å². The van der Waals surface area contributed by atoms with E-state index in [4.69, 9.17) is 47.4 Å². The normalized spacial score (nSPS) is 29.9. The van der Waals surface area contributed by atoms with Gasteiger partial charge in [0.25, 0.3) is 0 Å². The summed E-state index contributed by atoms with van der Waals surface area (Å²) in [7, 11) is 1.41. The van der Waals surface area contributed by atoms with Crippen LogP contribution in [0.15, 0.2) is 103 Å². The number of carbonyl (C=O) groups is 2. The number of rotatable bonds is 12. The Kier molecular flexibility index (Phi) is 12.1. The minimum atomic E-state index is -1.12. The second-order valence-corrected chi connectivity index (χ2v) is 13.2. The van der Waals surface area contributed by atoms with E-state index in [0.717, 1.165) is 27.5 Å². The van der Waals surface area contributed by atoms with Gasteiger partial charge in [0.1, 0.15) is 30.5 Å². The highest BCUT2D eigenvalue weighted by Gasteiger charge is 2.54. The monoisotopic (exact) mass is 728 g/mol. The van der Waals surface area contributed by atoms with Crippen molar-refractivity contribution in [2.45, 2.75) is 88.7 Å². The fourth-order valence-electron chi connectivity index (χ4n) is 6.98. The van der Waals surface area contributed by atoms with Crippen LogP contribution in [0.25, 0.3) is 10.8 Å². The van der Waals surface area contributed by atoms with Crippen LogP contribution in [0.5, 0.6) is 0 Å². The molecular weight excluding hydrogens is 684 g/mol. The predicted molar refractivity (Wildman–Crippen MR) is 189 cm³/mol. The molecule has 280 valence electrons. The molecule has 3 aliphatic rings. The van der Waals surface area contributed by atoms with E-state index in [-0.39, 0.29) is 26.4 Å². The first kappa shape index (κ1) is 37.1. The summed E-state index contributed by atoms with van der Waals surface area (Å²) >= 11 is 0. The molecule has 3 aliphatic heterocycles. The summed E-state index contributed by atoms with van der Waals surface area (Å²) in [6.45, 7) is 3.06. The molecule has 4 aromatic rings. The van der Waals surface area contributed by atoms with Crippen LogP contribution in [-0.2, 0) is 70.2 Å². The van der Waals surface area contributed by atoms with Gasteiger partial charge in [-0.15, -0.1) is 0 Å². The number of ether oxygens (including phenoxy) is 10. The number of fused-ring (bicyclic) bond motifs is 2. The van der Waals surface area contributed by atoms with Gasteiger partial charge < -0.3 is 47.4 Å². The van der Waals surface area contributed by atoms with Gasteiger partial charge in [-0.1, -0.05) is 97.1 Å². The molecule has 4 aromatic carbocycles. The van der Waals surface area contributed by atoms with E-state index in [1.165, 1.54) is 21.0 Å². The SMILES string of the molecule is CO[C@@H]1OC[C@@H](O[C@@H]2O[C@@H]3CO[C@@H](c4ccccc4)O[C@H]3[C@H](OCc3ccc4ccccc4c3)[C@@H]2OCc2ccccc2)[C@H](OC(C)=O)[C@H]1OC(C)=O. The van der Waals surface area contributed by atoms with Gasteiger partial charge in [-0.2, -0.15) is 0 Å². The molecule has 53 heavy (non-hydrogen) atoms. The fraction of sp³-hybridized carbons (Fsp3) is 0.415. The molecule has 0 bridgehead atoms. The number of carbonyl (C=O) groups excluding carboxylic acids is 2. The number of benzene rings is 4. The Morgan fingerprint density at radius 3 is 2.04 bits per heavy atom. The zero-order valence-electron chi connectivity index (χ0n) is 29.8. The molecule has 3 fully saturated rings. The third-order valence-electron chi connectivity index (χ3n) is 9.43. The van der Waals surface area contributed by atoms with Gasteiger partial charge in [0.05, 0.1) is 26.4 Å². The van der Waals surface area contributed by atoms with Crippen molar-refractivity contribution in [3.05, 3.63) is 120 Å². The lowest BCUT2D eigenvalue weighted by Crippen LogP contribution is -2.65. The first-order valence-corrected chi connectivity index (χ1v) is 17.7. The van der Waals surface area contributed by atoms with Gasteiger partial charge >= 0.3 is 11.9 Å². The summed E-state index contributed by atoms with van der Waals surface area (Å²) in [5.41, 5.74) is 2.74. The lowest BCUT2D eigenvalue weighted by Gasteiger charge is -2.50. The predicted octanol–water partition coefficient (Wildman–Crippen LogP) is 5.40. The third kappa shape index (κ3) is 8.94. The number of methoxy groups -OCH3 is 1. The van der Waals surface area contributed by atoms with E-state index in [2.05, 4.69) is 24.3 Å². The maximum Gasteiger partial charge on any atom is 0.303 e. The van der Waals surface area contributed by atoms with Crippen LogP contribution in [0.1, 0.15) is 36.8 Å². The Bertz CT molecular complexity index is 1800. The Labute approximate surface area is 308 Å². The largest absolute Gasteiger partial charge is 0.455 e. The van der Waals surface area contributed by atoms with Crippen molar-refractivity contribution >= 4 is 22.7 Å². The van der Waals surface area contributed by atoms with Crippen LogP contribution in [-0.4, -0.2) is 87.6 Å². The fourth-order valence-corrected chi connectivity index (χ4v) is 6.98. The summed E-state index contributed by atoms with van der Waals surface area (Å²) in [5, 5.41) is 2.21. The minimum absolute atomic E-state index is 0.0702. The first-order chi connectivity index (χ1) is 25.9. The molecule has 0 N–H and O–H groups in total. The van der Waals surface area contributed by atoms with Gasteiger partial charge in [-0.3, -0.25) is 9.59 Å². The molecule has 7 rings (SSSR count). The number of hydrogen-bond acceptors (Lipinski definition) is 12. The van der Waals surface area contributed by atoms with Gasteiger partial charge in [-0.05, 0) is 28.0 Å². The molecule has 10 atom stereocenters. The summed E-state index contributed by atoms with van der Waals surface area (Å²) in [6, 6.07) is 33.8. The Balaban J connectivity index is 1.22. The average molecular weight is 729 g/mol. The highest BCUT2D eigenvalue weighted by molar-refractivity contribution is 5.82. The zero-order valence-corrected chi connectivity index (χ0v) is 29.8. The minimum Gasteiger partial charge on any atom is -0.455 e. The molecule has 0 radical (unpaired) electrons. The maximum absolute atomic E-state index is 12.4. The van der Waals surface area contributed by atoms with E-state index in [1.54, 1.807) is 0 Å². The Hall–Kier alpha value is -4.24. The third-order valence-corrected chi connectivity index (χ3v) is 9.43. The quantitative estimate of drug-likeness (QED) is 0.174. The van der Waals surface area contributed by atoms with Crippen molar-refractivity contribution in [2.24, 2.45) is 0 Å². The Morgan fingerprint density at radius 1 is 0.642 bits per heavy atom. The van der Waals surface area contributed by atoms with Crippen LogP contribution >= 0.6 is 0 Å². The van der Waals surface area contributed by atoms with Crippen molar-refractivity contribution in [3.63, 3.8) is 0 Å². The van der Waals surface area contributed by atoms with Crippen molar-refractivity contribution in [3.8, 4) is 0 Å². The topological polar surface area (TPSA) is 126 Å². The average Bonchev–Trinajstić information content (AvgIpc) is 3.17. The Morgan fingerprint density at radius 2 is 1.30 bits per heavy atom. The van der Waals surface area contributed by atoms with Crippen molar-refractivity contribution in [1.82, 2.24) is 0 Å². The molecule has 12 nitrogen and oxygen atoms in total. The van der Waals surface area contributed by atoms with E-state index in [0.29, 0.717) is 0 Å². The summed E-state index contributed by atoms with van der Waals surface area (Å²) in [5.74, 6) is -1.21. The van der Waals surface area contributed by atoms with Crippen LogP contribution in [0.4, 0.5) is 0 Å². The van der Waals surface area contributed by atoms with E-state index in [1.807, 2.05) is 78.9 Å². The molecule has 3 saturated heterocycles. The van der Waals surface area contributed by atoms with Crippen molar-refractivity contribution < 1.29 is 57.0 Å². The van der Waals surface area contributed by atoms with Crippen LogP contribution in [0.3, 0.4) is 0 Å². The molecular formula is C41H44O12. The molecule has 0 saturated carbocycles. The van der Waals surface area contributed by atoms with E-state index >= 15 is 0 Å². The van der Waals surface area contributed by atoms with Crippen molar-refractivity contribution in [2.75, 3.05) is 20.3 Å². The highest BCUT2D eigenvalue weighted by atomic mass is 16.8. The number of hydrogen-bond donors (Lipinski definition) is 0. The molecule has 0 aromatic heterocycles. The molecule has 12 heteroatoms. The smallest absolute Gasteiger partial charge is 0.303 e. The molecule has 0 amide bonds. The molecule has 0 spiro atoms. The molecule has 0 unspecified atom stereocenters. The van der Waals surface area contributed by atoms with Crippen LogP contribution in [0.2, 0.25) is 0 Å². The second kappa shape index (κ2) is 17.3.